The van der Waals surface area contributed by atoms with E-state index in [4.69, 9.17) is 0 Å². The second-order valence-electron chi connectivity index (χ2n) is 5.88. The topological polar surface area (TPSA) is 46.8 Å². The number of rotatable bonds is 2. The van der Waals surface area contributed by atoms with Crippen LogP contribution in [0.1, 0.15) is 24.8 Å². The second kappa shape index (κ2) is 5.40. The lowest BCUT2D eigenvalue weighted by Crippen LogP contribution is -2.30. The molecule has 1 aliphatic rings. The lowest BCUT2D eigenvalue weighted by atomic mass is 10.1. The normalized spacial score (nSPS) is 15.4. The number of anilines is 1. The van der Waals surface area contributed by atoms with Crippen LogP contribution in [-0.2, 0) is 0 Å². The molecule has 1 fully saturated rings. The maximum atomic E-state index is 4.55. The van der Waals surface area contributed by atoms with Gasteiger partial charge in [-0.2, -0.15) is 5.10 Å². The number of hydrogen-bond donors (Lipinski definition) is 0. The maximum absolute atomic E-state index is 4.55. The van der Waals surface area contributed by atoms with E-state index < -0.39 is 0 Å². The SMILES string of the molecule is Cc1cccc(-n2ncc3c(N4CCCCC4)ncnc32)c1. The minimum atomic E-state index is 0.876. The molecule has 0 radical (unpaired) electrons. The fraction of sp³-hybridized carbons (Fsp3) is 0.353. The summed E-state index contributed by atoms with van der Waals surface area (Å²) in [4.78, 5) is 11.3. The molecule has 5 heteroatoms. The first-order valence-corrected chi connectivity index (χ1v) is 7.84. The van der Waals surface area contributed by atoms with Gasteiger partial charge in [-0.1, -0.05) is 12.1 Å². The van der Waals surface area contributed by atoms with Gasteiger partial charge >= 0.3 is 0 Å². The first-order valence-electron chi connectivity index (χ1n) is 7.84. The Kier molecular flexibility index (Phi) is 3.25. The Labute approximate surface area is 129 Å². The van der Waals surface area contributed by atoms with E-state index in [9.17, 15) is 0 Å². The summed E-state index contributed by atoms with van der Waals surface area (Å²) in [5.41, 5.74) is 3.13. The van der Waals surface area contributed by atoms with Gasteiger partial charge in [0.1, 0.15) is 12.1 Å². The van der Waals surface area contributed by atoms with Gasteiger partial charge in [-0.25, -0.2) is 14.6 Å². The number of benzene rings is 1. The minimum Gasteiger partial charge on any atom is -0.356 e. The van der Waals surface area contributed by atoms with E-state index in [1.54, 1.807) is 6.33 Å². The third kappa shape index (κ3) is 2.22. The van der Waals surface area contributed by atoms with Crippen molar-refractivity contribution in [2.45, 2.75) is 26.2 Å². The maximum Gasteiger partial charge on any atom is 0.168 e. The third-order valence-electron chi connectivity index (χ3n) is 4.25. The molecule has 0 bridgehead atoms. The average molecular weight is 293 g/mol. The van der Waals surface area contributed by atoms with Crippen molar-refractivity contribution in [2.75, 3.05) is 18.0 Å². The summed E-state index contributed by atoms with van der Waals surface area (Å²) in [6.07, 6.45) is 7.32. The fourth-order valence-corrected chi connectivity index (χ4v) is 3.14. The average Bonchev–Trinajstić information content (AvgIpc) is 3.00. The molecule has 2 aromatic heterocycles. The summed E-state index contributed by atoms with van der Waals surface area (Å²) in [6, 6.07) is 8.31. The first kappa shape index (κ1) is 13.2. The summed E-state index contributed by atoms with van der Waals surface area (Å²) in [6.45, 7) is 4.23. The van der Waals surface area contributed by atoms with Gasteiger partial charge in [-0.15, -0.1) is 0 Å². The van der Waals surface area contributed by atoms with E-state index in [0.29, 0.717) is 0 Å². The summed E-state index contributed by atoms with van der Waals surface area (Å²) < 4.78 is 1.90. The molecule has 3 heterocycles. The predicted molar refractivity (Wildman–Crippen MR) is 87.5 cm³/mol. The molecule has 5 nitrogen and oxygen atoms in total. The predicted octanol–water partition coefficient (Wildman–Crippen LogP) is 3.11. The van der Waals surface area contributed by atoms with Gasteiger partial charge in [0.15, 0.2) is 5.65 Å². The fourth-order valence-electron chi connectivity index (χ4n) is 3.14. The molecular formula is C17H19N5. The van der Waals surface area contributed by atoms with Crippen molar-refractivity contribution < 1.29 is 0 Å². The molecule has 3 aromatic rings. The molecule has 0 saturated carbocycles. The lowest BCUT2D eigenvalue weighted by Gasteiger charge is -2.27. The van der Waals surface area contributed by atoms with Crippen LogP contribution in [0, 0.1) is 6.92 Å². The van der Waals surface area contributed by atoms with E-state index in [2.05, 4.69) is 45.1 Å². The van der Waals surface area contributed by atoms with E-state index in [-0.39, 0.29) is 0 Å². The largest absolute Gasteiger partial charge is 0.356 e. The van der Waals surface area contributed by atoms with Crippen LogP contribution in [0.2, 0.25) is 0 Å². The van der Waals surface area contributed by atoms with Gasteiger partial charge in [0.2, 0.25) is 0 Å². The molecule has 1 aliphatic heterocycles. The van der Waals surface area contributed by atoms with Gasteiger partial charge in [0.25, 0.3) is 0 Å². The molecule has 0 amide bonds. The Morgan fingerprint density at radius 2 is 1.91 bits per heavy atom. The number of fused-ring (bicyclic) bond motifs is 1. The zero-order chi connectivity index (χ0) is 14.9. The van der Waals surface area contributed by atoms with Crippen molar-refractivity contribution in [1.82, 2.24) is 19.7 Å². The van der Waals surface area contributed by atoms with Gasteiger partial charge in [0, 0.05) is 13.1 Å². The van der Waals surface area contributed by atoms with Crippen LogP contribution in [0.3, 0.4) is 0 Å². The minimum absolute atomic E-state index is 0.876. The lowest BCUT2D eigenvalue weighted by molar-refractivity contribution is 0.574. The second-order valence-corrected chi connectivity index (χ2v) is 5.88. The van der Waals surface area contributed by atoms with Gasteiger partial charge in [0.05, 0.1) is 17.3 Å². The van der Waals surface area contributed by atoms with Gasteiger partial charge in [-0.3, -0.25) is 0 Å². The molecule has 0 atom stereocenters. The molecule has 1 aromatic carbocycles. The van der Waals surface area contributed by atoms with Crippen LogP contribution >= 0.6 is 0 Å². The Bertz CT molecular complexity index is 802. The summed E-state index contributed by atoms with van der Waals surface area (Å²) in [7, 11) is 0. The van der Waals surface area contributed by atoms with Crippen molar-refractivity contribution >= 4 is 16.9 Å². The quantitative estimate of drug-likeness (QED) is 0.728. The van der Waals surface area contributed by atoms with E-state index >= 15 is 0 Å². The van der Waals surface area contributed by atoms with E-state index in [0.717, 1.165) is 35.6 Å². The van der Waals surface area contributed by atoms with Gasteiger partial charge < -0.3 is 4.90 Å². The summed E-state index contributed by atoms with van der Waals surface area (Å²) >= 11 is 0. The van der Waals surface area contributed by atoms with Crippen molar-refractivity contribution in [3.05, 3.63) is 42.4 Å². The van der Waals surface area contributed by atoms with Crippen molar-refractivity contribution in [2.24, 2.45) is 0 Å². The van der Waals surface area contributed by atoms with Crippen molar-refractivity contribution in [3.63, 3.8) is 0 Å². The Balaban J connectivity index is 1.83. The zero-order valence-electron chi connectivity index (χ0n) is 12.7. The molecule has 0 spiro atoms. The van der Waals surface area contributed by atoms with Crippen LogP contribution in [0.4, 0.5) is 5.82 Å². The molecule has 112 valence electrons. The van der Waals surface area contributed by atoms with Crippen molar-refractivity contribution in [3.8, 4) is 5.69 Å². The summed E-state index contributed by atoms with van der Waals surface area (Å²) in [5, 5.41) is 5.58. The Morgan fingerprint density at radius 1 is 1.05 bits per heavy atom. The van der Waals surface area contributed by atoms with E-state index in [1.165, 1.54) is 24.8 Å². The third-order valence-corrected chi connectivity index (χ3v) is 4.25. The highest BCUT2D eigenvalue weighted by Crippen LogP contribution is 2.26. The van der Waals surface area contributed by atoms with Crippen LogP contribution in [0.25, 0.3) is 16.7 Å². The van der Waals surface area contributed by atoms with E-state index in [1.807, 2.05) is 16.9 Å². The van der Waals surface area contributed by atoms with Crippen LogP contribution in [-0.4, -0.2) is 32.8 Å². The molecular weight excluding hydrogens is 274 g/mol. The number of hydrogen-bond acceptors (Lipinski definition) is 4. The molecule has 4 rings (SSSR count). The van der Waals surface area contributed by atoms with Crippen molar-refractivity contribution in [1.29, 1.82) is 0 Å². The molecule has 1 saturated heterocycles. The Morgan fingerprint density at radius 3 is 2.73 bits per heavy atom. The highest BCUT2D eigenvalue weighted by atomic mass is 15.3. The first-order chi connectivity index (χ1) is 10.8. The van der Waals surface area contributed by atoms with Crippen LogP contribution in [0.5, 0.6) is 0 Å². The highest BCUT2D eigenvalue weighted by molar-refractivity contribution is 5.87. The standard InChI is InChI=1S/C17H19N5/c1-13-6-5-7-14(10-13)22-17-15(11-20-22)16(18-12-19-17)21-8-3-2-4-9-21/h5-7,10-12H,2-4,8-9H2,1H3. The summed E-state index contributed by atoms with van der Waals surface area (Å²) in [5.74, 6) is 1.02. The Hall–Kier alpha value is -2.43. The number of aromatic nitrogens is 4. The molecule has 0 unspecified atom stereocenters. The number of nitrogens with zero attached hydrogens (tertiary/aromatic N) is 5. The van der Waals surface area contributed by atoms with Crippen LogP contribution < -0.4 is 4.90 Å². The monoisotopic (exact) mass is 293 g/mol. The smallest absolute Gasteiger partial charge is 0.168 e. The molecule has 0 N–H and O–H groups in total. The molecule has 0 aliphatic carbocycles. The number of piperidine rings is 1. The highest BCUT2D eigenvalue weighted by Gasteiger charge is 2.18. The zero-order valence-corrected chi connectivity index (χ0v) is 12.7. The number of aryl methyl sites for hydroxylation is 1. The van der Waals surface area contributed by atoms with Gasteiger partial charge in [-0.05, 0) is 43.9 Å². The molecule has 22 heavy (non-hydrogen) atoms. The van der Waals surface area contributed by atoms with Crippen LogP contribution in [0.15, 0.2) is 36.8 Å².